The molecule has 1 rings (SSSR count). The van der Waals surface area contributed by atoms with Crippen molar-refractivity contribution in [2.75, 3.05) is 7.11 Å². The first-order valence-corrected chi connectivity index (χ1v) is 4.67. The molecule has 1 aliphatic rings. The summed E-state index contributed by atoms with van der Waals surface area (Å²) < 4.78 is 4.50. The highest BCUT2D eigenvalue weighted by molar-refractivity contribution is 5.81. The largest absolute Gasteiger partial charge is 0.466 e. The zero-order valence-electron chi connectivity index (χ0n) is 8.25. The van der Waals surface area contributed by atoms with E-state index < -0.39 is 0 Å². The highest BCUT2D eigenvalue weighted by Gasteiger charge is 2.24. The van der Waals surface area contributed by atoms with Gasteiger partial charge in [0.05, 0.1) is 7.11 Å². The van der Waals surface area contributed by atoms with Crippen molar-refractivity contribution in [1.82, 2.24) is 0 Å². The molecule has 13 heavy (non-hydrogen) atoms. The summed E-state index contributed by atoms with van der Waals surface area (Å²) in [4.78, 5) is 10.7. The number of allylic oxidation sites excluding steroid dienone is 3. The van der Waals surface area contributed by atoms with Gasteiger partial charge in [0.25, 0.3) is 0 Å². The Morgan fingerprint density at radius 1 is 1.54 bits per heavy atom. The van der Waals surface area contributed by atoms with Crippen molar-refractivity contribution in [3.63, 3.8) is 0 Å². The number of carbonyl (C=O) groups excluding carboxylic acids is 1. The van der Waals surface area contributed by atoms with Gasteiger partial charge in [0, 0.05) is 6.08 Å². The average molecular weight is 180 g/mol. The molecular weight excluding hydrogens is 164 g/mol. The topological polar surface area (TPSA) is 26.3 Å². The maximum Gasteiger partial charge on any atom is 0.330 e. The zero-order valence-corrected chi connectivity index (χ0v) is 8.25. The molecule has 0 aromatic rings. The summed E-state index contributed by atoms with van der Waals surface area (Å²) >= 11 is 0. The van der Waals surface area contributed by atoms with Crippen LogP contribution in [0.25, 0.3) is 0 Å². The predicted octanol–water partition coefficient (Wildman–Crippen LogP) is 2.46. The van der Waals surface area contributed by atoms with E-state index in [2.05, 4.69) is 17.7 Å². The van der Waals surface area contributed by atoms with Crippen molar-refractivity contribution in [3.05, 3.63) is 23.8 Å². The van der Waals surface area contributed by atoms with Crippen LogP contribution < -0.4 is 0 Å². The number of methoxy groups -OCH3 is 1. The fourth-order valence-electron chi connectivity index (χ4n) is 1.33. The highest BCUT2D eigenvalue weighted by Crippen LogP contribution is 2.37. The molecule has 0 saturated heterocycles. The Morgan fingerprint density at radius 3 is 2.69 bits per heavy atom. The molecule has 0 aliphatic heterocycles. The van der Waals surface area contributed by atoms with Gasteiger partial charge in [-0.1, -0.05) is 17.7 Å². The lowest BCUT2D eigenvalue weighted by Crippen LogP contribution is -1.93. The van der Waals surface area contributed by atoms with Crippen molar-refractivity contribution in [1.29, 1.82) is 0 Å². The van der Waals surface area contributed by atoms with E-state index in [1.54, 1.807) is 0 Å². The Labute approximate surface area is 79.3 Å². The van der Waals surface area contributed by atoms with Gasteiger partial charge in [0.2, 0.25) is 0 Å². The molecule has 0 radical (unpaired) electrons. The first kappa shape index (κ1) is 10.0. The summed E-state index contributed by atoms with van der Waals surface area (Å²) in [6.45, 7) is 2.06. The minimum Gasteiger partial charge on any atom is -0.466 e. The molecule has 2 heteroatoms. The van der Waals surface area contributed by atoms with E-state index in [0.29, 0.717) is 0 Å². The molecule has 0 aromatic carbocycles. The third kappa shape index (κ3) is 3.45. The Balaban J connectivity index is 2.31. The van der Waals surface area contributed by atoms with Crippen molar-refractivity contribution < 1.29 is 9.53 Å². The van der Waals surface area contributed by atoms with Crippen LogP contribution in [0.5, 0.6) is 0 Å². The molecule has 0 unspecified atom stereocenters. The number of rotatable bonds is 4. The number of hydrogen-bond acceptors (Lipinski definition) is 2. The van der Waals surface area contributed by atoms with Crippen LogP contribution in [0.2, 0.25) is 0 Å². The number of esters is 1. The standard InChI is InChI=1S/C11H16O2/c1-3-9(10-7-8-10)5-4-6-11(12)13-2/h3-4,6,10H,5,7-8H2,1-2H3. The zero-order chi connectivity index (χ0) is 9.68. The summed E-state index contributed by atoms with van der Waals surface area (Å²) in [6.07, 6.45) is 9.03. The van der Waals surface area contributed by atoms with E-state index in [4.69, 9.17) is 0 Å². The second-order valence-electron chi connectivity index (χ2n) is 3.27. The maximum absolute atomic E-state index is 10.7. The van der Waals surface area contributed by atoms with Crippen LogP contribution in [0.15, 0.2) is 23.8 Å². The lowest BCUT2D eigenvalue weighted by molar-refractivity contribution is -0.134. The fourth-order valence-corrected chi connectivity index (χ4v) is 1.33. The van der Waals surface area contributed by atoms with Crippen molar-refractivity contribution >= 4 is 5.97 Å². The Hall–Kier alpha value is -1.05. The van der Waals surface area contributed by atoms with Gasteiger partial charge in [0.1, 0.15) is 0 Å². The second kappa shape index (κ2) is 4.85. The molecule has 72 valence electrons. The molecule has 0 spiro atoms. The Kier molecular flexibility index (Phi) is 3.74. The van der Waals surface area contributed by atoms with Gasteiger partial charge in [-0.2, -0.15) is 0 Å². The van der Waals surface area contributed by atoms with Gasteiger partial charge in [0.15, 0.2) is 0 Å². The molecule has 2 nitrogen and oxygen atoms in total. The van der Waals surface area contributed by atoms with Gasteiger partial charge in [-0.3, -0.25) is 0 Å². The van der Waals surface area contributed by atoms with Gasteiger partial charge >= 0.3 is 5.97 Å². The molecule has 1 fully saturated rings. The summed E-state index contributed by atoms with van der Waals surface area (Å²) in [5.41, 5.74) is 1.44. The molecule has 1 aliphatic carbocycles. The Morgan fingerprint density at radius 2 is 2.23 bits per heavy atom. The maximum atomic E-state index is 10.7. The van der Waals surface area contributed by atoms with Crippen LogP contribution in [0.3, 0.4) is 0 Å². The van der Waals surface area contributed by atoms with Crippen LogP contribution in [0.4, 0.5) is 0 Å². The second-order valence-corrected chi connectivity index (χ2v) is 3.27. The van der Waals surface area contributed by atoms with Gasteiger partial charge in [-0.15, -0.1) is 0 Å². The third-order valence-corrected chi connectivity index (χ3v) is 2.28. The minimum atomic E-state index is -0.272. The van der Waals surface area contributed by atoms with E-state index in [9.17, 15) is 4.79 Å². The first-order valence-electron chi connectivity index (χ1n) is 4.67. The predicted molar refractivity (Wildman–Crippen MR) is 52.3 cm³/mol. The molecular formula is C11H16O2. The summed E-state index contributed by atoms with van der Waals surface area (Å²) in [6, 6.07) is 0. The molecule has 0 aromatic heterocycles. The van der Waals surface area contributed by atoms with E-state index in [-0.39, 0.29) is 5.97 Å². The summed E-state index contributed by atoms with van der Waals surface area (Å²) in [5, 5.41) is 0. The Bertz CT molecular complexity index is 234. The molecule has 0 amide bonds. The minimum absolute atomic E-state index is 0.272. The SMILES string of the molecule is CC=C(CC=CC(=O)OC)C1CC1. The number of carbonyl (C=O) groups is 1. The molecule has 0 N–H and O–H groups in total. The van der Waals surface area contributed by atoms with E-state index in [1.165, 1.54) is 31.6 Å². The lowest BCUT2D eigenvalue weighted by atomic mass is 10.1. The van der Waals surface area contributed by atoms with Crippen molar-refractivity contribution in [2.45, 2.75) is 26.2 Å². The van der Waals surface area contributed by atoms with Gasteiger partial charge in [-0.05, 0) is 32.1 Å². The normalized spacial score (nSPS) is 17.8. The molecule has 0 heterocycles. The highest BCUT2D eigenvalue weighted by atomic mass is 16.5. The van der Waals surface area contributed by atoms with Crippen LogP contribution >= 0.6 is 0 Å². The average Bonchev–Trinajstić information content (AvgIpc) is 2.95. The van der Waals surface area contributed by atoms with Gasteiger partial charge < -0.3 is 4.74 Å². The quantitative estimate of drug-likeness (QED) is 0.377. The van der Waals surface area contributed by atoms with Crippen LogP contribution in [0, 0.1) is 5.92 Å². The molecule has 1 saturated carbocycles. The third-order valence-electron chi connectivity index (χ3n) is 2.28. The lowest BCUT2D eigenvalue weighted by Gasteiger charge is -1.99. The first-order chi connectivity index (χ1) is 6.27. The van der Waals surface area contributed by atoms with Crippen LogP contribution in [-0.2, 0) is 9.53 Å². The summed E-state index contributed by atoms with van der Waals surface area (Å²) in [5.74, 6) is 0.513. The summed E-state index contributed by atoms with van der Waals surface area (Å²) in [7, 11) is 1.39. The van der Waals surface area contributed by atoms with Gasteiger partial charge in [-0.25, -0.2) is 4.79 Å². The number of ether oxygens (including phenoxy) is 1. The van der Waals surface area contributed by atoms with Crippen molar-refractivity contribution in [3.8, 4) is 0 Å². The monoisotopic (exact) mass is 180 g/mol. The smallest absolute Gasteiger partial charge is 0.330 e. The molecule has 0 atom stereocenters. The van der Waals surface area contributed by atoms with Crippen LogP contribution in [0.1, 0.15) is 26.2 Å². The fraction of sp³-hybridized carbons (Fsp3) is 0.545. The number of hydrogen-bond donors (Lipinski definition) is 0. The van der Waals surface area contributed by atoms with E-state index >= 15 is 0 Å². The van der Waals surface area contributed by atoms with E-state index in [0.717, 1.165) is 12.3 Å². The van der Waals surface area contributed by atoms with Crippen LogP contribution in [-0.4, -0.2) is 13.1 Å². The van der Waals surface area contributed by atoms with Crippen molar-refractivity contribution in [2.24, 2.45) is 5.92 Å². The van der Waals surface area contributed by atoms with E-state index in [1.807, 2.05) is 6.08 Å². The molecule has 0 bridgehead atoms.